The maximum Gasteiger partial charge on any atom is 0.222 e. The van der Waals surface area contributed by atoms with Crippen LogP contribution in [0, 0.1) is 0 Å². The van der Waals surface area contributed by atoms with E-state index in [1.807, 2.05) is 31.2 Å². The average Bonchev–Trinajstić information content (AvgIpc) is 2.29. The van der Waals surface area contributed by atoms with Gasteiger partial charge in [0.25, 0.3) is 0 Å². The van der Waals surface area contributed by atoms with Gasteiger partial charge in [0.15, 0.2) is 0 Å². The minimum atomic E-state index is 0.0216. The zero-order valence-corrected chi connectivity index (χ0v) is 11.0. The van der Waals surface area contributed by atoms with E-state index in [9.17, 15) is 4.79 Å². The molecule has 1 N–H and O–H groups in total. The van der Waals surface area contributed by atoms with Gasteiger partial charge in [-0.05, 0) is 31.0 Å². The molecular formula is C13H18ClNO2. The first kappa shape index (κ1) is 14.0. The van der Waals surface area contributed by atoms with Gasteiger partial charge in [0.05, 0.1) is 6.61 Å². The first-order valence-corrected chi connectivity index (χ1v) is 6.02. The third kappa shape index (κ3) is 5.71. The molecule has 1 rings (SSSR count). The lowest BCUT2D eigenvalue weighted by Gasteiger charge is -2.13. The van der Waals surface area contributed by atoms with Gasteiger partial charge in [0.2, 0.25) is 5.91 Å². The van der Waals surface area contributed by atoms with Gasteiger partial charge in [0, 0.05) is 24.6 Å². The number of hydrogen-bond acceptors (Lipinski definition) is 2. The van der Waals surface area contributed by atoms with Crippen LogP contribution in [0.25, 0.3) is 0 Å². The number of ether oxygens (including phenoxy) is 1. The van der Waals surface area contributed by atoms with Crippen LogP contribution in [0.1, 0.15) is 18.9 Å². The highest BCUT2D eigenvalue weighted by Crippen LogP contribution is 2.11. The highest BCUT2D eigenvalue weighted by molar-refractivity contribution is 6.30. The molecule has 0 radical (unpaired) electrons. The number of hydrogen-bond donors (Lipinski definition) is 1. The molecule has 0 aliphatic carbocycles. The van der Waals surface area contributed by atoms with Crippen molar-refractivity contribution in [1.29, 1.82) is 0 Å². The molecule has 0 aliphatic heterocycles. The molecule has 4 heteroatoms. The Bertz CT molecular complexity index is 351. The van der Waals surface area contributed by atoms with Gasteiger partial charge in [-0.25, -0.2) is 0 Å². The van der Waals surface area contributed by atoms with Gasteiger partial charge in [-0.2, -0.15) is 0 Å². The molecule has 0 saturated heterocycles. The Hall–Kier alpha value is -1.06. The standard InChI is InChI=1S/C13H18ClNO2/c1-10(15-13(16)7-8-17-2)9-11-3-5-12(14)6-4-11/h3-6,10H,7-9H2,1-2H3,(H,15,16)/t10-/m1/s1. The predicted molar refractivity (Wildman–Crippen MR) is 69.3 cm³/mol. The van der Waals surface area contributed by atoms with E-state index in [4.69, 9.17) is 16.3 Å². The fraction of sp³-hybridized carbons (Fsp3) is 0.462. The second-order valence-electron chi connectivity index (χ2n) is 4.04. The second-order valence-corrected chi connectivity index (χ2v) is 4.48. The number of halogens is 1. The topological polar surface area (TPSA) is 38.3 Å². The van der Waals surface area contributed by atoms with Gasteiger partial charge in [-0.3, -0.25) is 4.79 Å². The lowest BCUT2D eigenvalue weighted by atomic mass is 10.1. The number of amides is 1. The number of nitrogens with one attached hydrogen (secondary N) is 1. The van der Waals surface area contributed by atoms with E-state index < -0.39 is 0 Å². The maximum atomic E-state index is 11.4. The van der Waals surface area contributed by atoms with Crippen molar-refractivity contribution < 1.29 is 9.53 Å². The summed E-state index contributed by atoms with van der Waals surface area (Å²) in [5, 5.41) is 3.65. The Morgan fingerprint density at radius 3 is 2.65 bits per heavy atom. The van der Waals surface area contributed by atoms with Gasteiger partial charge in [0.1, 0.15) is 0 Å². The van der Waals surface area contributed by atoms with E-state index in [2.05, 4.69) is 5.32 Å². The SMILES string of the molecule is COCCC(=O)N[C@H](C)Cc1ccc(Cl)cc1. The van der Waals surface area contributed by atoms with Gasteiger partial charge < -0.3 is 10.1 Å². The molecule has 1 aromatic carbocycles. The normalized spacial score (nSPS) is 12.2. The summed E-state index contributed by atoms with van der Waals surface area (Å²) in [6.07, 6.45) is 1.21. The molecule has 0 fully saturated rings. The fourth-order valence-corrected chi connectivity index (χ4v) is 1.69. The molecule has 0 bridgehead atoms. The van der Waals surface area contributed by atoms with Crippen LogP contribution in [0.5, 0.6) is 0 Å². The Balaban J connectivity index is 2.36. The number of benzene rings is 1. The average molecular weight is 256 g/mol. The molecule has 0 aromatic heterocycles. The minimum absolute atomic E-state index is 0.0216. The molecule has 3 nitrogen and oxygen atoms in total. The first-order valence-electron chi connectivity index (χ1n) is 5.64. The van der Waals surface area contributed by atoms with Crippen LogP contribution >= 0.6 is 11.6 Å². The van der Waals surface area contributed by atoms with Crippen LogP contribution in [-0.4, -0.2) is 25.7 Å². The van der Waals surface area contributed by atoms with Crippen molar-refractivity contribution in [3.8, 4) is 0 Å². The van der Waals surface area contributed by atoms with Crippen LogP contribution < -0.4 is 5.32 Å². The molecule has 0 aliphatic rings. The Morgan fingerprint density at radius 2 is 2.06 bits per heavy atom. The molecule has 94 valence electrons. The lowest BCUT2D eigenvalue weighted by molar-refractivity contribution is -0.122. The molecule has 1 atom stereocenters. The van der Waals surface area contributed by atoms with Crippen molar-refractivity contribution in [3.05, 3.63) is 34.9 Å². The number of rotatable bonds is 6. The van der Waals surface area contributed by atoms with Crippen molar-refractivity contribution in [3.63, 3.8) is 0 Å². The molecule has 0 heterocycles. The molecule has 1 aromatic rings. The van der Waals surface area contributed by atoms with Crippen LogP contribution in [0.4, 0.5) is 0 Å². The summed E-state index contributed by atoms with van der Waals surface area (Å²) in [7, 11) is 1.59. The zero-order valence-electron chi connectivity index (χ0n) is 10.2. The Morgan fingerprint density at radius 1 is 1.41 bits per heavy atom. The zero-order chi connectivity index (χ0) is 12.7. The van der Waals surface area contributed by atoms with Crippen molar-refractivity contribution in [2.45, 2.75) is 25.8 Å². The molecule has 0 saturated carbocycles. The smallest absolute Gasteiger partial charge is 0.222 e. The van der Waals surface area contributed by atoms with E-state index in [0.29, 0.717) is 13.0 Å². The summed E-state index contributed by atoms with van der Waals surface area (Å²) in [6.45, 7) is 2.44. The van der Waals surface area contributed by atoms with Gasteiger partial charge in [-0.15, -0.1) is 0 Å². The molecular weight excluding hydrogens is 238 g/mol. The fourth-order valence-electron chi connectivity index (χ4n) is 1.57. The van der Waals surface area contributed by atoms with Crippen LogP contribution in [0.3, 0.4) is 0 Å². The van der Waals surface area contributed by atoms with Crippen LogP contribution in [0.15, 0.2) is 24.3 Å². The summed E-state index contributed by atoms with van der Waals surface area (Å²) < 4.78 is 4.85. The number of methoxy groups -OCH3 is 1. The van der Waals surface area contributed by atoms with E-state index in [0.717, 1.165) is 17.0 Å². The van der Waals surface area contributed by atoms with Crippen molar-refractivity contribution >= 4 is 17.5 Å². The number of carbonyl (C=O) groups is 1. The quantitative estimate of drug-likeness (QED) is 0.848. The Kier molecular flexibility index (Phi) is 6.01. The van der Waals surface area contributed by atoms with Crippen molar-refractivity contribution in [2.24, 2.45) is 0 Å². The van der Waals surface area contributed by atoms with E-state index in [1.54, 1.807) is 7.11 Å². The monoisotopic (exact) mass is 255 g/mol. The third-order valence-electron chi connectivity index (χ3n) is 2.40. The van der Waals surface area contributed by atoms with Crippen LogP contribution in [0.2, 0.25) is 5.02 Å². The summed E-state index contributed by atoms with van der Waals surface area (Å²) >= 11 is 5.81. The maximum absolute atomic E-state index is 11.4. The molecule has 0 spiro atoms. The highest BCUT2D eigenvalue weighted by Gasteiger charge is 2.07. The van der Waals surface area contributed by atoms with Crippen molar-refractivity contribution in [2.75, 3.05) is 13.7 Å². The minimum Gasteiger partial charge on any atom is -0.384 e. The summed E-state index contributed by atoms with van der Waals surface area (Å²) in [5.41, 5.74) is 1.16. The van der Waals surface area contributed by atoms with Crippen LogP contribution in [-0.2, 0) is 16.0 Å². The van der Waals surface area contributed by atoms with Gasteiger partial charge in [-0.1, -0.05) is 23.7 Å². The molecule has 17 heavy (non-hydrogen) atoms. The van der Waals surface area contributed by atoms with Crippen molar-refractivity contribution in [1.82, 2.24) is 5.32 Å². The first-order chi connectivity index (χ1) is 8.11. The molecule has 1 amide bonds. The molecule has 0 unspecified atom stereocenters. The summed E-state index contributed by atoms with van der Waals surface area (Å²) in [5.74, 6) is 0.0216. The van der Waals surface area contributed by atoms with E-state index >= 15 is 0 Å². The van der Waals surface area contributed by atoms with Gasteiger partial charge >= 0.3 is 0 Å². The highest BCUT2D eigenvalue weighted by atomic mass is 35.5. The summed E-state index contributed by atoms with van der Waals surface area (Å²) in [4.78, 5) is 11.4. The largest absolute Gasteiger partial charge is 0.384 e. The summed E-state index contributed by atoms with van der Waals surface area (Å²) in [6, 6.07) is 7.77. The lowest BCUT2D eigenvalue weighted by Crippen LogP contribution is -2.34. The number of carbonyl (C=O) groups excluding carboxylic acids is 1. The Labute approximate surface area is 107 Å². The van der Waals surface area contributed by atoms with E-state index in [-0.39, 0.29) is 11.9 Å². The van der Waals surface area contributed by atoms with E-state index in [1.165, 1.54) is 0 Å². The third-order valence-corrected chi connectivity index (χ3v) is 2.65. The predicted octanol–water partition coefficient (Wildman–Crippen LogP) is 2.42. The second kappa shape index (κ2) is 7.30.